The number of carbonyl (C=O) groups excluding carboxylic acids is 2. The van der Waals surface area contributed by atoms with Crippen LogP contribution in [0.15, 0.2) is 119 Å². The fourth-order valence-corrected chi connectivity index (χ4v) is 5.18. The van der Waals surface area contributed by atoms with Crippen LogP contribution in [-0.4, -0.2) is 32.5 Å². The quantitative estimate of drug-likeness (QED) is 0.213. The van der Waals surface area contributed by atoms with E-state index in [4.69, 9.17) is 11.6 Å². The van der Waals surface area contributed by atoms with E-state index in [0.717, 1.165) is 4.31 Å². The van der Waals surface area contributed by atoms with E-state index in [-0.39, 0.29) is 10.8 Å². The number of halogens is 1. The van der Waals surface area contributed by atoms with E-state index in [1.54, 1.807) is 85.8 Å². The number of sulfonamides is 1. The van der Waals surface area contributed by atoms with Gasteiger partial charge in [-0.1, -0.05) is 60.1 Å². The molecule has 0 aliphatic rings. The maximum Gasteiger partial charge on any atom is 0.264 e. The van der Waals surface area contributed by atoms with Crippen LogP contribution in [0.3, 0.4) is 0 Å². The van der Waals surface area contributed by atoms with Crippen molar-refractivity contribution in [1.82, 2.24) is 5.43 Å². The molecule has 0 aliphatic carbocycles. The number of hydrazone groups is 1. The minimum Gasteiger partial charge on any atom is -0.322 e. The number of amides is 2. The summed E-state index contributed by atoms with van der Waals surface area (Å²) in [7, 11) is -4.07. The summed E-state index contributed by atoms with van der Waals surface area (Å²) in [5.74, 6) is -0.886. The molecule has 0 saturated heterocycles. The smallest absolute Gasteiger partial charge is 0.264 e. The Kier molecular flexibility index (Phi) is 8.75. The molecule has 0 spiro atoms. The van der Waals surface area contributed by atoms with E-state index in [1.165, 1.54) is 24.3 Å². The second kappa shape index (κ2) is 12.4. The average Bonchev–Trinajstić information content (AvgIpc) is 2.96. The number of anilines is 2. The van der Waals surface area contributed by atoms with Gasteiger partial charge in [-0.05, 0) is 73.2 Å². The summed E-state index contributed by atoms with van der Waals surface area (Å²) in [6.07, 6.45) is 0. The lowest BCUT2D eigenvalue weighted by Gasteiger charge is -2.23. The first-order chi connectivity index (χ1) is 18.7. The molecular formula is C29H25ClN4O4S. The molecule has 4 aromatic carbocycles. The summed E-state index contributed by atoms with van der Waals surface area (Å²) in [4.78, 5) is 25.3. The van der Waals surface area contributed by atoms with Crippen molar-refractivity contribution in [2.75, 3.05) is 16.2 Å². The highest BCUT2D eigenvalue weighted by molar-refractivity contribution is 7.92. The van der Waals surface area contributed by atoms with Gasteiger partial charge in [0.1, 0.15) is 6.54 Å². The van der Waals surface area contributed by atoms with E-state index in [2.05, 4.69) is 15.8 Å². The van der Waals surface area contributed by atoms with Crippen molar-refractivity contribution < 1.29 is 18.0 Å². The first kappa shape index (κ1) is 27.6. The number of benzene rings is 4. The van der Waals surface area contributed by atoms with Crippen molar-refractivity contribution in [3.63, 3.8) is 0 Å². The number of carbonyl (C=O) groups is 2. The van der Waals surface area contributed by atoms with Crippen LogP contribution in [0.5, 0.6) is 0 Å². The molecule has 2 N–H and O–H groups in total. The fraction of sp³-hybridized carbons (Fsp3) is 0.0690. The third kappa shape index (κ3) is 7.10. The number of hydrogen-bond donors (Lipinski definition) is 2. The van der Waals surface area contributed by atoms with Gasteiger partial charge in [0.15, 0.2) is 0 Å². The van der Waals surface area contributed by atoms with Crippen LogP contribution in [0.1, 0.15) is 22.8 Å². The summed E-state index contributed by atoms with van der Waals surface area (Å²) in [6, 6.07) is 29.9. The van der Waals surface area contributed by atoms with Crippen LogP contribution in [0.2, 0.25) is 5.02 Å². The molecule has 0 saturated carbocycles. The van der Waals surface area contributed by atoms with Crippen molar-refractivity contribution in [3.05, 3.63) is 125 Å². The number of para-hydroxylation sites is 1. The largest absolute Gasteiger partial charge is 0.322 e. The highest BCUT2D eigenvalue weighted by Crippen LogP contribution is 2.24. The topological polar surface area (TPSA) is 108 Å². The number of nitrogens with zero attached hydrogens (tertiary/aromatic N) is 2. The summed E-state index contributed by atoms with van der Waals surface area (Å²) in [5, 5.41) is 7.38. The number of rotatable bonds is 9. The van der Waals surface area contributed by atoms with Crippen LogP contribution < -0.4 is 15.0 Å². The van der Waals surface area contributed by atoms with Gasteiger partial charge in [0, 0.05) is 16.3 Å². The molecule has 0 atom stereocenters. The first-order valence-corrected chi connectivity index (χ1v) is 13.7. The Bertz CT molecular complexity index is 1590. The Morgan fingerprint density at radius 1 is 0.821 bits per heavy atom. The van der Waals surface area contributed by atoms with E-state index in [9.17, 15) is 18.0 Å². The Labute approximate surface area is 232 Å². The SMILES string of the molecule is C/C(=N/NC(=O)CN(c1ccccc1)S(=O)(=O)c1ccc(Cl)cc1)c1cccc(NC(=O)c2ccccc2)c1. The molecule has 4 aromatic rings. The third-order valence-electron chi connectivity index (χ3n) is 5.66. The second-order valence-electron chi connectivity index (χ2n) is 8.43. The van der Waals surface area contributed by atoms with Crippen molar-refractivity contribution in [2.24, 2.45) is 5.10 Å². The van der Waals surface area contributed by atoms with Crippen LogP contribution in [0, 0.1) is 0 Å². The van der Waals surface area contributed by atoms with E-state index in [1.807, 2.05) is 6.07 Å². The summed E-state index contributed by atoms with van der Waals surface area (Å²) in [5.41, 5.74) is 4.97. The van der Waals surface area contributed by atoms with Gasteiger partial charge >= 0.3 is 0 Å². The molecular weight excluding hydrogens is 536 g/mol. The van der Waals surface area contributed by atoms with E-state index >= 15 is 0 Å². The summed E-state index contributed by atoms with van der Waals surface area (Å²) in [6.45, 7) is 1.19. The molecule has 0 fully saturated rings. The van der Waals surface area contributed by atoms with Crippen LogP contribution in [0.4, 0.5) is 11.4 Å². The van der Waals surface area contributed by atoms with Crippen LogP contribution >= 0.6 is 11.6 Å². The summed E-state index contributed by atoms with van der Waals surface area (Å²) >= 11 is 5.92. The molecule has 10 heteroatoms. The Balaban J connectivity index is 1.49. The Morgan fingerprint density at radius 3 is 2.10 bits per heavy atom. The molecule has 39 heavy (non-hydrogen) atoms. The van der Waals surface area contributed by atoms with Crippen molar-refractivity contribution in [1.29, 1.82) is 0 Å². The molecule has 0 radical (unpaired) electrons. The molecule has 8 nitrogen and oxygen atoms in total. The minimum atomic E-state index is -4.07. The highest BCUT2D eigenvalue weighted by Gasteiger charge is 2.27. The van der Waals surface area contributed by atoms with Crippen LogP contribution in [0.25, 0.3) is 0 Å². The molecule has 0 aromatic heterocycles. The molecule has 0 heterocycles. The fourth-order valence-electron chi connectivity index (χ4n) is 3.63. The zero-order chi connectivity index (χ0) is 27.8. The van der Waals surface area contributed by atoms with Gasteiger partial charge in [0.05, 0.1) is 16.3 Å². The zero-order valence-electron chi connectivity index (χ0n) is 20.9. The first-order valence-electron chi connectivity index (χ1n) is 11.9. The van der Waals surface area contributed by atoms with Gasteiger partial charge in [-0.2, -0.15) is 5.10 Å². The number of nitrogens with one attached hydrogen (secondary N) is 2. The minimum absolute atomic E-state index is 0.00222. The van der Waals surface area contributed by atoms with Gasteiger partial charge in [-0.3, -0.25) is 13.9 Å². The molecule has 198 valence electrons. The average molecular weight is 561 g/mol. The normalized spacial score (nSPS) is 11.5. The zero-order valence-corrected chi connectivity index (χ0v) is 22.5. The molecule has 0 aliphatic heterocycles. The maximum atomic E-state index is 13.4. The van der Waals surface area contributed by atoms with Gasteiger partial charge in [-0.25, -0.2) is 13.8 Å². The van der Waals surface area contributed by atoms with Crippen LogP contribution in [-0.2, 0) is 14.8 Å². The van der Waals surface area contributed by atoms with E-state index < -0.39 is 22.5 Å². The maximum absolute atomic E-state index is 13.4. The lowest BCUT2D eigenvalue weighted by Crippen LogP contribution is -2.39. The molecule has 4 rings (SSSR count). The van der Waals surface area contributed by atoms with E-state index in [0.29, 0.717) is 33.2 Å². The standard InChI is InChI=1S/C29H25ClN4O4S/c1-21(23-11-8-12-25(19-23)31-29(36)22-9-4-2-5-10-22)32-33-28(35)20-34(26-13-6-3-7-14-26)39(37,38)27-17-15-24(30)16-18-27/h2-19H,20H2,1H3,(H,31,36)(H,33,35)/b32-21-. The molecule has 0 unspecified atom stereocenters. The predicted molar refractivity (Wildman–Crippen MR) is 154 cm³/mol. The molecule has 0 bridgehead atoms. The second-order valence-corrected chi connectivity index (χ2v) is 10.7. The van der Waals surface area contributed by atoms with Crippen molar-refractivity contribution in [2.45, 2.75) is 11.8 Å². The van der Waals surface area contributed by atoms with Crippen molar-refractivity contribution >= 4 is 50.5 Å². The van der Waals surface area contributed by atoms with Gasteiger partial charge < -0.3 is 5.32 Å². The monoisotopic (exact) mass is 560 g/mol. The number of hydrogen-bond acceptors (Lipinski definition) is 5. The van der Waals surface area contributed by atoms with Gasteiger partial charge in [0.2, 0.25) is 0 Å². The highest BCUT2D eigenvalue weighted by atomic mass is 35.5. The van der Waals surface area contributed by atoms with Crippen molar-refractivity contribution in [3.8, 4) is 0 Å². The Morgan fingerprint density at radius 2 is 1.44 bits per heavy atom. The Hall–Kier alpha value is -4.47. The van der Waals surface area contributed by atoms with Gasteiger partial charge in [0.25, 0.3) is 21.8 Å². The lowest BCUT2D eigenvalue weighted by atomic mass is 10.1. The van der Waals surface area contributed by atoms with Gasteiger partial charge in [-0.15, -0.1) is 0 Å². The third-order valence-corrected chi connectivity index (χ3v) is 7.70. The lowest BCUT2D eigenvalue weighted by molar-refractivity contribution is -0.119. The summed E-state index contributed by atoms with van der Waals surface area (Å²) < 4.78 is 27.8. The molecule has 2 amide bonds. The predicted octanol–water partition coefficient (Wildman–Crippen LogP) is 5.33.